The van der Waals surface area contributed by atoms with Crippen LogP contribution in [0.1, 0.15) is 12.8 Å². The van der Waals surface area contributed by atoms with Gasteiger partial charge in [-0.1, -0.05) is 11.6 Å². The van der Waals surface area contributed by atoms with Crippen LogP contribution in [0.25, 0.3) is 0 Å². The van der Waals surface area contributed by atoms with Crippen molar-refractivity contribution in [3.8, 4) is 5.75 Å². The van der Waals surface area contributed by atoms with Gasteiger partial charge in [0.2, 0.25) is 0 Å². The molecule has 0 saturated heterocycles. The van der Waals surface area contributed by atoms with Crippen molar-refractivity contribution in [1.82, 2.24) is 0 Å². The number of hydrogen-bond acceptors (Lipinski definition) is 2. The Morgan fingerprint density at radius 2 is 2.21 bits per heavy atom. The van der Waals surface area contributed by atoms with E-state index in [1.165, 1.54) is 18.2 Å². The van der Waals surface area contributed by atoms with Gasteiger partial charge in [0.05, 0.1) is 11.6 Å². The fourth-order valence-electron chi connectivity index (χ4n) is 1.22. The van der Waals surface area contributed by atoms with Crippen LogP contribution in [0, 0.1) is 5.82 Å². The summed E-state index contributed by atoms with van der Waals surface area (Å²) < 4.78 is 18.3. The van der Waals surface area contributed by atoms with Crippen LogP contribution in [-0.4, -0.2) is 17.3 Å². The lowest BCUT2D eigenvalue weighted by atomic mass is 10.3. The molecule has 4 heteroatoms. The van der Waals surface area contributed by atoms with E-state index in [-0.39, 0.29) is 6.61 Å². The van der Waals surface area contributed by atoms with Crippen LogP contribution in [0.4, 0.5) is 4.39 Å². The zero-order chi connectivity index (χ0) is 10.2. The maximum Gasteiger partial charge on any atom is 0.141 e. The number of rotatable bonds is 3. The molecule has 0 aliphatic heterocycles. The molecule has 1 saturated carbocycles. The summed E-state index contributed by atoms with van der Waals surface area (Å²) in [6, 6.07) is 3.95. The zero-order valence-corrected chi connectivity index (χ0v) is 8.22. The molecule has 0 unspecified atom stereocenters. The number of hydrogen-bond donors (Lipinski definition) is 1. The van der Waals surface area contributed by atoms with Crippen molar-refractivity contribution in [1.29, 1.82) is 0 Å². The summed E-state index contributed by atoms with van der Waals surface area (Å²) in [6.07, 6.45) is 1.58. The van der Waals surface area contributed by atoms with E-state index in [1.807, 2.05) is 0 Å². The van der Waals surface area contributed by atoms with Gasteiger partial charge in [0.15, 0.2) is 0 Å². The molecule has 76 valence electrons. The third-order valence-corrected chi connectivity index (χ3v) is 2.63. The standard InChI is InChI=1S/C10H10ClFO2/c11-8-2-1-7(12)5-9(8)14-10(6-13)3-4-10/h1-2,5,13H,3-4,6H2. The molecule has 2 nitrogen and oxygen atoms in total. The molecule has 0 radical (unpaired) electrons. The smallest absolute Gasteiger partial charge is 0.141 e. The topological polar surface area (TPSA) is 29.5 Å². The predicted octanol–water partition coefficient (Wildman–Crippen LogP) is 2.38. The molecule has 1 aliphatic rings. The third kappa shape index (κ3) is 1.83. The van der Waals surface area contributed by atoms with Crippen LogP contribution in [0.15, 0.2) is 18.2 Å². The minimum absolute atomic E-state index is 0.0557. The summed E-state index contributed by atoms with van der Waals surface area (Å²) in [6.45, 7) is -0.0557. The number of aliphatic hydroxyl groups excluding tert-OH is 1. The van der Waals surface area contributed by atoms with E-state index in [9.17, 15) is 4.39 Å². The number of aliphatic hydroxyl groups is 1. The first-order chi connectivity index (χ1) is 6.65. The van der Waals surface area contributed by atoms with Crippen LogP contribution >= 0.6 is 11.6 Å². The van der Waals surface area contributed by atoms with Crippen molar-refractivity contribution in [2.45, 2.75) is 18.4 Å². The Hall–Kier alpha value is -0.800. The van der Waals surface area contributed by atoms with Gasteiger partial charge in [0.25, 0.3) is 0 Å². The molecule has 1 aromatic carbocycles. The van der Waals surface area contributed by atoms with Crippen molar-refractivity contribution in [2.75, 3.05) is 6.61 Å². The normalized spacial score (nSPS) is 17.9. The van der Waals surface area contributed by atoms with Gasteiger partial charge < -0.3 is 9.84 Å². The van der Waals surface area contributed by atoms with Gasteiger partial charge in [0.1, 0.15) is 17.2 Å². The molecular formula is C10H10ClFO2. The summed E-state index contributed by atoms with van der Waals surface area (Å²) in [5.41, 5.74) is -0.516. The van der Waals surface area contributed by atoms with Crippen LogP contribution in [0.2, 0.25) is 5.02 Å². The minimum Gasteiger partial charge on any atom is -0.483 e. The molecule has 14 heavy (non-hydrogen) atoms. The molecule has 1 N–H and O–H groups in total. The maximum absolute atomic E-state index is 12.8. The lowest BCUT2D eigenvalue weighted by Crippen LogP contribution is -2.22. The number of benzene rings is 1. The fourth-order valence-corrected chi connectivity index (χ4v) is 1.38. The second kappa shape index (κ2) is 3.41. The Bertz CT molecular complexity index is 350. The predicted molar refractivity (Wildman–Crippen MR) is 51.1 cm³/mol. The largest absolute Gasteiger partial charge is 0.483 e. The highest BCUT2D eigenvalue weighted by molar-refractivity contribution is 6.32. The zero-order valence-electron chi connectivity index (χ0n) is 7.46. The summed E-state index contributed by atoms with van der Waals surface area (Å²) >= 11 is 5.81. The van der Waals surface area contributed by atoms with Gasteiger partial charge in [-0.2, -0.15) is 0 Å². The van der Waals surface area contributed by atoms with Gasteiger partial charge in [-0.3, -0.25) is 0 Å². The summed E-state index contributed by atoms with van der Waals surface area (Å²) in [4.78, 5) is 0. The van der Waals surface area contributed by atoms with Crippen molar-refractivity contribution in [2.24, 2.45) is 0 Å². The van der Waals surface area contributed by atoms with E-state index in [0.717, 1.165) is 12.8 Å². The molecule has 0 heterocycles. The molecule has 0 atom stereocenters. The molecule has 0 spiro atoms. The molecule has 1 aromatic rings. The van der Waals surface area contributed by atoms with E-state index >= 15 is 0 Å². The van der Waals surface area contributed by atoms with Gasteiger partial charge >= 0.3 is 0 Å². The number of ether oxygens (including phenoxy) is 1. The van der Waals surface area contributed by atoms with Gasteiger partial charge in [-0.05, 0) is 25.0 Å². The van der Waals surface area contributed by atoms with Crippen molar-refractivity contribution < 1.29 is 14.2 Å². The Kier molecular flexibility index (Phi) is 2.37. The van der Waals surface area contributed by atoms with Crippen molar-refractivity contribution in [3.05, 3.63) is 29.0 Å². The Morgan fingerprint density at radius 1 is 1.50 bits per heavy atom. The molecule has 0 aromatic heterocycles. The quantitative estimate of drug-likeness (QED) is 0.841. The highest BCUT2D eigenvalue weighted by atomic mass is 35.5. The average molecular weight is 217 g/mol. The first-order valence-corrected chi connectivity index (χ1v) is 4.78. The monoisotopic (exact) mass is 216 g/mol. The van der Waals surface area contributed by atoms with Crippen LogP contribution in [-0.2, 0) is 0 Å². The lowest BCUT2D eigenvalue weighted by Gasteiger charge is -2.16. The first kappa shape index (κ1) is 9.74. The Morgan fingerprint density at radius 3 is 2.79 bits per heavy atom. The molecule has 0 bridgehead atoms. The van der Waals surface area contributed by atoms with Gasteiger partial charge in [-0.25, -0.2) is 4.39 Å². The van der Waals surface area contributed by atoms with E-state index in [4.69, 9.17) is 21.4 Å². The van der Waals surface area contributed by atoms with E-state index in [0.29, 0.717) is 10.8 Å². The molecule has 1 aliphatic carbocycles. The molecule has 2 rings (SSSR count). The second-order valence-corrected chi connectivity index (χ2v) is 3.93. The fraction of sp³-hybridized carbons (Fsp3) is 0.400. The molecular weight excluding hydrogens is 207 g/mol. The molecule has 1 fully saturated rings. The van der Waals surface area contributed by atoms with Crippen LogP contribution in [0.5, 0.6) is 5.75 Å². The summed E-state index contributed by atoms with van der Waals surface area (Å²) in [7, 11) is 0. The van der Waals surface area contributed by atoms with E-state index in [1.54, 1.807) is 0 Å². The highest BCUT2D eigenvalue weighted by Crippen LogP contribution is 2.41. The lowest BCUT2D eigenvalue weighted by molar-refractivity contribution is 0.0951. The van der Waals surface area contributed by atoms with Gasteiger partial charge in [0, 0.05) is 6.07 Å². The third-order valence-electron chi connectivity index (χ3n) is 2.32. The Labute approximate surface area is 86.3 Å². The van der Waals surface area contributed by atoms with Gasteiger partial charge in [-0.15, -0.1) is 0 Å². The van der Waals surface area contributed by atoms with Crippen LogP contribution in [0.3, 0.4) is 0 Å². The average Bonchev–Trinajstić information content (AvgIpc) is 2.92. The Balaban J connectivity index is 2.20. The first-order valence-electron chi connectivity index (χ1n) is 4.40. The summed E-state index contributed by atoms with van der Waals surface area (Å²) in [5.74, 6) is -0.0867. The molecule has 0 amide bonds. The SMILES string of the molecule is OCC1(Oc2cc(F)ccc2Cl)CC1. The summed E-state index contributed by atoms with van der Waals surface area (Å²) in [5, 5.41) is 9.38. The maximum atomic E-state index is 12.8. The second-order valence-electron chi connectivity index (χ2n) is 3.52. The van der Waals surface area contributed by atoms with E-state index < -0.39 is 11.4 Å². The van der Waals surface area contributed by atoms with E-state index in [2.05, 4.69) is 0 Å². The van der Waals surface area contributed by atoms with Crippen LogP contribution < -0.4 is 4.74 Å². The highest BCUT2D eigenvalue weighted by Gasteiger charge is 2.45. The minimum atomic E-state index is -0.516. The number of halogens is 2. The van der Waals surface area contributed by atoms with Crippen molar-refractivity contribution in [3.63, 3.8) is 0 Å². The van der Waals surface area contributed by atoms with Crippen molar-refractivity contribution >= 4 is 11.6 Å².